The van der Waals surface area contributed by atoms with Gasteiger partial charge in [-0.1, -0.05) is 25.3 Å². The van der Waals surface area contributed by atoms with Crippen LogP contribution in [0.3, 0.4) is 0 Å². The summed E-state index contributed by atoms with van der Waals surface area (Å²) in [4.78, 5) is 18.5. The van der Waals surface area contributed by atoms with Crippen LogP contribution >= 0.6 is 0 Å². The van der Waals surface area contributed by atoms with Gasteiger partial charge in [-0.15, -0.1) is 0 Å². The molecule has 1 saturated carbocycles. The van der Waals surface area contributed by atoms with Gasteiger partial charge in [0.25, 0.3) is 0 Å². The number of carbonyl (C=O) groups excluding carboxylic acids is 1. The lowest BCUT2D eigenvalue weighted by molar-refractivity contribution is -0.130. The fourth-order valence-corrected chi connectivity index (χ4v) is 6.17. The fraction of sp³-hybridized carbons (Fsp3) is 0.536. The SMILES string of the molecule is COc1cc(F)ccc1N1CCN(C(C(=O)C2CCCCC2)C2CCc3c(F)cccc3N2)CC1. The number of ether oxygens (including phenoxy) is 1. The molecule has 2 atom stereocenters. The third kappa shape index (κ3) is 5.01. The van der Waals surface area contributed by atoms with Gasteiger partial charge < -0.3 is 15.0 Å². The van der Waals surface area contributed by atoms with E-state index in [1.54, 1.807) is 19.2 Å². The Bertz CT molecular complexity index is 1050. The summed E-state index contributed by atoms with van der Waals surface area (Å²) in [5, 5.41) is 3.54. The van der Waals surface area contributed by atoms with Crippen LogP contribution in [-0.4, -0.2) is 56.1 Å². The van der Waals surface area contributed by atoms with E-state index < -0.39 is 0 Å². The molecule has 188 valence electrons. The fourth-order valence-electron chi connectivity index (χ4n) is 6.17. The van der Waals surface area contributed by atoms with Crippen LogP contribution in [0.5, 0.6) is 5.75 Å². The van der Waals surface area contributed by atoms with Crippen molar-refractivity contribution in [3.63, 3.8) is 0 Å². The van der Waals surface area contributed by atoms with E-state index in [1.165, 1.54) is 24.6 Å². The van der Waals surface area contributed by atoms with Gasteiger partial charge in [0.2, 0.25) is 0 Å². The molecule has 2 unspecified atom stereocenters. The molecule has 2 aromatic rings. The molecule has 1 saturated heterocycles. The number of piperazine rings is 1. The van der Waals surface area contributed by atoms with Gasteiger partial charge in [-0.2, -0.15) is 0 Å². The Morgan fingerprint density at radius 1 is 1.03 bits per heavy atom. The van der Waals surface area contributed by atoms with Crippen LogP contribution in [0.25, 0.3) is 0 Å². The molecule has 3 aliphatic rings. The lowest BCUT2D eigenvalue weighted by Gasteiger charge is -2.45. The predicted octanol–water partition coefficient (Wildman–Crippen LogP) is 5.04. The van der Waals surface area contributed by atoms with E-state index in [0.29, 0.717) is 18.0 Å². The Kier molecular flexibility index (Phi) is 7.23. The van der Waals surface area contributed by atoms with Gasteiger partial charge >= 0.3 is 0 Å². The Morgan fingerprint density at radius 2 is 1.80 bits per heavy atom. The molecule has 2 fully saturated rings. The highest BCUT2D eigenvalue weighted by Gasteiger charge is 2.40. The van der Waals surface area contributed by atoms with E-state index >= 15 is 0 Å². The van der Waals surface area contributed by atoms with Crippen molar-refractivity contribution in [1.82, 2.24) is 4.90 Å². The highest BCUT2D eigenvalue weighted by molar-refractivity contribution is 5.88. The van der Waals surface area contributed by atoms with Gasteiger partial charge in [-0.25, -0.2) is 8.78 Å². The molecule has 7 heteroatoms. The molecule has 0 aromatic heterocycles. The number of carbonyl (C=O) groups is 1. The highest BCUT2D eigenvalue weighted by Crippen LogP contribution is 2.34. The Labute approximate surface area is 206 Å². The maximum absolute atomic E-state index is 14.3. The van der Waals surface area contributed by atoms with Gasteiger partial charge in [0.15, 0.2) is 5.78 Å². The molecule has 0 amide bonds. The average Bonchev–Trinajstić information content (AvgIpc) is 2.90. The van der Waals surface area contributed by atoms with Crippen LogP contribution in [0.15, 0.2) is 36.4 Å². The number of rotatable bonds is 6. The molecule has 0 spiro atoms. The van der Waals surface area contributed by atoms with E-state index in [0.717, 1.165) is 75.2 Å². The second kappa shape index (κ2) is 10.5. The Balaban J connectivity index is 1.35. The minimum absolute atomic E-state index is 0.0365. The first-order valence-electron chi connectivity index (χ1n) is 13.0. The molecule has 1 aliphatic carbocycles. The summed E-state index contributed by atoms with van der Waals surface area (Å²) in [7, 11) is 1.56. The number of methoxy groups -OCH3 is 1. The van der Waals surface area contributed by atoms with Crippen LogP contribution < -0.4 is 15.0 Å². The first-order chi connectivity index (χ1) is 17.0. The van der Waals surface area contributed by atoms with Crippen LogP contribution in [0, 0.1) is 17.6 Å². The summed E-state index contributed by atoms with van der Waals surface area (Å²) in [6.45, 7) is 2.93. The zero-order valence-corrected chi connectivity index (χ0v) is 20.4. The molecular formula is C28H35F2N3O2. The van der Waals surface area contributed by atoms with Crippen molar-refractivity contribution in [3.8, 4) is 5.75 Å². The normalized spacial score (nSPS) is 22.3. The number of hydrogen-bond acceptors (Lipinski definition) is 5. The summed E-state index contributed by atoms with van der Waals surface area (Å²) in [6, 6.07) is 9.54. The molecule has 0 bridgehead atoms. The zero-order valence-electron chi connectivity index (χ0n) is 20.4. The third-order valence-electron chi connectivity index (χ3n) is 8.04. The molecular weight excluding hydrogens is 448 g/mol. The van der Waals surface area contributed by atoms with Crippen molar-refractivity contribution in [1.29, 1.82) is 0 Å². The van der Waals surface area contributed by atoms with Crippen LogP contribution in [0.2, 0.25) is 0 Å². The molecule has 5 rings (SSSR count). The van der Waals surface area contributed by atoms with E-state index in [9.17, 15) is 13.6 Å². The van der Waals surface area contributed by atoms with Crippen molar-refractivity contribution < 1.29 is 18.3 Å². The number of benzene rings is 2. The molecule has 2 heterocycles. The number of anilines is 2. The summed E-state index contributed by atoms with van der Waals surface area (Å²) in [6.07, 6.45) is 6.77. The second-order valence-corrected chi connectivity index (χ2v) is 10.1. The summed E-state index contributed by atoms with van der Waals surface area (Å²) < 4.78 is 33.5. The molecule has 35 heavy (non-hydrogen) atoms. The molecule has 2 aromatic carbocycles. The molecule has 1 N–H and O–H groups in total. The van der Waals surface area contributed by atoms with Gasteiger partial charge in [-0.05, 0) is 49.9 Å². The van der Waals surface area contributed by atoms with E-state index in [2.05, 4.69) is 15.1 Å². The van der Waals surface area contributed by atoms with E-state index in [-0.39, 0.29) is 29.6 Å². The molecule has 5 nitrogen and oxygen atoms in total. The van der Waals surface area contributed by atoms with Crippen molar-refractivity contribution in [3.05, 3.63) is 53.6 Å². The summed E-state index contributed by atoms with van der Waals surface area (Å²) >= 11 is 0. The highest BCUT2D eigenvalue weighted by atomic mass is 19.1. The Morgan fingerprint density at radius 3 is 2.54 bits per heavy atom. The van der Waals surface area contributed by atoms with Gasteiger partial charge in [0, 0.05) is 55.5 Å². The van der Waals surface area contributed by atoms with Crippen LogP contribution in [0.1, 0.15) is 44.1 Å². The van der Waals surface area contributed by atoms with E-state index in [4.69, 9.17) is 4.74 Å². The van der Waals surface area contributed by atoms with E-state index in [1.807, 2.05) is 6.07 Å². The number of nitrogens with zero attached hydrogens (tertiary/aromatic N) is 2. The average molecular weight is 484 g/mol. The minimum atomic E-state index is -0.317. The monoisotopic (exact) mass is 483 g/mol. The maximum atomic E-state index is 14.3. The van der Waals surface area contributed by atoms with Crippen LogP contribution in [0.4, 0.5) is 20.2 Å². The molecule has 2 aliphatic heterocycles. The smallest absolute Gasteiger partial charge is 0.155 e. The topological polar surface area (TPSA) is 44.8 Å². The number of fused-ring (bicyclic) bond motifs is 1. The second-order valence-electron chi connectivity index (χ2n) is 10.1. The zero-order chi connectivity index (χ0) is 24.4. The summed E-state index contributed by atoms with van der Waals surface area (Å²) in [5.41, 5.74) is 2.42. The van der Waals surface area contributed by atoms with Crippen molar-refractivity contribution in [2.45, 2.75) is 57.0 Å². The number of ketones is 1. The summed E-state index contributed by atoms with van der Waals surface area (Å²) in [5.74, 6) is 0.489. The van der Waals surface area contributed by atoms with Crippen molar-refractivity contribution in [2.75, 3.05) is 43.5 Å². The van der Waals surface area contributed by atoms with Gasteiger partial charge in [-0.3, -0.25) is 9.69 Å². The van der Waals surface area contributed by atoms with Crippen molar-refractivity contribution in [2.24, 2.45) is 5.92 Å². The van der Waals surface area contributed by atoms with Gasteiger partial charge in [0.05, 0.1) is 18.8 Å². The first kappa shape index (κ1) is 24.0. The van der Waals surface area contributed by atoms with Crippen LogP contribution in [-0.2, 0) is 11.2 Å². The predicted molar refractivity (Wildman–Crippen MR) is 134 cm³/mol. The molecule has 0 radical (unpaired) electrons. The lowest BCUT2D eigenvalue weighted by atomic mass is 9.80. The lowest BCUT2D eigenvalue weighted by Crippen LogP contribution is -2.60. The minimum Gasteiger partial charge on any atom is -0.494 e. The quantitative estimate of drug-likeness (QED) is 0.624. The largest absolute Gasteiger partial charge is 0.494 e. The maximum Gasteiger partial charge on any atom is 0.155 e. The van der Waals surface area contributed by atoms with Gasteiger partial charge in [0.1, 0.15) is 17.4 Å². The standard InChI is InChI=1S/C28H35F2N3O2/c1-35-26-18-20(29)10-13-25(26)32-14-16-33(17-15-32)27(28(34)19-6-3-2-4-7-19)24-12-11-21-22(30)8-5-9-23(21)31-24/h5,8-10,13,18-19,24,27,31H,2-4,6-7,11-12,14-17H2,1H3. The van der Waals surface area contributed by atoms with Crippen molar-refractivity contribution >= 4 is 17.2 Å². The number of Topliss-reactive ketones (excluding diaryl/α,β-unsaturated/α-hetero) is 1. The Hall–Kier alpha value is -2.67. The number of nitrogens with one attached hydrogen (secondary N) is 1. The number of hydrogen-bond donors (Lipinski definition) is 1. The number of halogens is 2. The first-order valence-corrected chi connectivity index (χ1v) is 13.0. The third-order valence-corrected chi connectivity index (χ3v) is 8.04.